The molecule has 1 fully saturated rings. The lowest BCUT2D eigenvalue weighted by molar-refractivity contribution is -0.130. The van der Waals surface area contributed by atoms with Crippen LogP contribution in [0.3, 0.4) is 0 Å². The molecule has 32 heavy (non-hydrogen) atoms. The third kappa shape index (κ3) is 4.13. The van der Waals surface area contributed by atoms with Crippen LogP contribution in [0.1, 0.15) is 60.9 Å². The molecule has 0 bridgehead atoms. The van der Waals surface area contributed by atoms with E-state index in [9.17, 15) is 4.79 Å². The number of amides is 1. The topological polar surface area (TPSA) is 49.3 Å². The number of aryl methyl sites for hydroxylation is 2. The average molecular weight is 449 g/mol. The van der Waals surface area contributed by atoms with Gasteiger partial charge in [0.2, 0.25) is 5.91 Å². The van der Waals surface area contributed by atoms with Crippen LogP contribution in [-0.4, -0.2) is 47.0 Å². The van der Waals surface area contributed by atoms with Gasteiger partial charge in [0.15, 0.2) is 0 Å². The maximum Gasteiger partial charge on any atom is 0.227 e. The van der Waals surface area contributed by atoms with Gasteiger partial charge in [-0.25, -0.2) is 9.97 Å². The molecule has 6 heteroatoms. The fourth-order valence-corrected chi connectivity index (χ4v) is 6.10. The second kappa shape index (κ2) is 9.18. The van der Waals surface area contributed by atoms with Crippen molar-refractivity contribution in [3.63, 3.8) is 0 Å². The fraction of sp³-hybridized carbons (Fsp3) is 0.500. The van der Waals surface area contributed by atoms with Crippen molar-refractivity contribution in [3.05, 3.63) is 52.2 Å². The van der Waals surface area contributed by atoms with Gasteiger partial charge in [0.1, 0.15) is 16.5 Å². The SMILES string of the molecule is CCC(C)c1nc(N2CCN(C(=O)Cc3ccccc3)CC2)c2c3c(sc2n1)CCCC3. The van der Waals surface area contributed by atoms with E-state index < -0.39 is 0 Å². The molecule has 0 saturated carbocycles. The Hall–Kier alpha value is -2.47. The van der Waals surface area contributed by atoms with Crippen molar-refractivity contribution in [1.82, 2.24) is 14.9 Å². The summed E-state index contributed by atoms with van der Waals surface area (Å²) >= 11 is 1.88. The Morgan fingerprint density at radius 1 is 1.06 bits per heavy atom. The molecule has 2 aliphatic rings. The van der Waals surface area contributed by atoms with Gasteiger partial charge in [-0.3, -0.25) is 4.79 Å². The number of benzene rings is 1. The largest absolute Gasteiger partial charge is 0.352 e. The first kappa shape index (κ1) is 21.4. The normalized spacial score (nSPS) is 17.4. The zero-order valence-corrected chi connectivity index (χ0v) is 20.0. The highest BCUT2D eigenvalue weighted by Crippen LogP contribution is 2.40. The zero-order chi connectivity index (χ0) is 22.1. The van der Waals surface area contributed by atoms with E-state index in [-0.39, 0.29) is 5.91 Å². The van der Waals surface area contributed by atoms with Gasteiger partial charge in [-0.1, -0.05) is 44.2 Å². The summed E-state index contributed by atoms with van der Waals surface area (Å²) in [4.78, 5) is 30.1. The Balaban J connectivity index is 1.39. The number of piperazine rings is 1. The summed E-state index contributed by atoms with van der Waals surface area (Å²) in [7, 11) is 0. The van der Waals surface area contributed by atoms with Crippen LogP contribution in [-0.2, 0) is 24.1 Å². The van der Waals surface area contributed by atoms with Gasteiger partial charge < -0.3 is 9.80 Å². The number of nitrogens with zero attached hydrogens (tertiary/aromatic N) is 4. The highest BCUT2D eigenvalue weighted by Gasteiger charge is 2.28. The third-order valence-corrected chi connectivity index (χ3v) is 8.18. The Labute approximate surface area is 194 Å². The summed E-state index contributed by atoms with van der Waals surface area (Å²) < 4.78 is 0. The van der Waals surface area contributed by atoms with E-state index in [1.165, 1.54) is 39.9 Å². The van der Waals surface area contributed by atoms with Gasteiger partial charge in [-0.05, 0) is 43.2 Å². The molecular formula is C26H32N4OS. The molecule has 1 saturated heterocycles. The Bertz CT molecular complexity index is 1100. The molecule has 168 valence electrons. The first-order chi connectivity index (χ1) is 15.6. The lowest BCUT2D eigenvalue weighted by atomic mass is 9.96. The van der Waals surface area contributed by atoms with E-state index in [1.807, 2.05) is 46.6 Å². The number of carbonyl (C=O) groups is 1. The lowest BCUT2D eigenvalue weighted by Crippen LogP contribution is -2.49. The molecule has 1 atom stereocenters. The lowest BCUT2D eigenvalue weighted by Gasteiger charge is -2.36. The molecule has 3 aromatic rings. The second-order valence-corrected chi connectivity index (χ2v) is 10.2. The monoisotopic (exact) mass is 448 g/mol. The standard InChI is InChI=1S/C26H32N4OS/c1-3-18(2)24-27-25(23-20-11-7-8-12-21(20)32-26(23)28-24)30-15-13-29(14-16-30)22(31)17-19-9-5-4-6-10-19/h4-6,9-10,18H,3,7-8,11-17H2,1-2H3. The smallest absolute Gasteiger partial charge is 0.227 e. The van der Waals surface area contributed by atoms with E-state index in [0.29, 0.717) is 12.3 Å². The van der Waals surface area contributed by atoms with E-state index in [0.717, 1.165) is 56.2 Å². The number of hydrogen-bond acceptors (Lipinski definition) is 5. The predicted octanol–water partition coefficient (Wildman–Crippen LogP) is 4.97. The summed E-state index contributed by atoms with van der Waals surface area (Å²) in [5, 5.41) is 1.29. The number of rotatable bonds is 5. The van der Waals surface area contributed by atoms with Crippen LogP contribution in [0.5, 0.6) is 0 Å². The van der Waals surface area contributed by atoms with Gasteiger partial charge in [-0.15, -0.1) is 11.3 Å². The summed E-state index contributed by atoms with van der Waals surface area (Å²) in [6, 6.07) is 10.0. The van der Waals surface area contributed by atoms with Gasteiger partial charge in [0.05, 0.1) is 11.8 Å². The van der Waals surface area contributed by atoms with Gasteiger partial charge >= 0.3 is 0 Å². The molecule has 2 aromatic heterocycles. The summed E-state index contributed by atoms with van der Waals surface area (Å²) in [6.45, 7) is 7.59. The summed E-state index contributed by atoms with van der Waals surface area (Å²) in [6.07, 6.45) is 6.38. The van der Waals surface area contributed by atoms with Crippen LogP contribution in [0.25, 0.3) is 10.2 Å². The first-order valence-electron chi connectivity index (χ1n) is 12.0. The van der Waals surface area contributed by atoms with Gasteiger partial charge in [0, 0.05) is 37.0 Å². The molecular weight excluding hydrogens is 416 g/mol. The molecule has 1 unspecified atom stereocenters. The molecule has 1 amide bonds. The number of fused-ring (bicyclic) bond motifs is 3. The minimum atomic E-state index is 0.219. The van der Waals surface area contributed by atoms with Crippen molar-refractivity contribution < 1.29 is 4.79 Å². The second-order valence-electron chi connectivity index (χ2n) is 9.14. The molecule has 1 aliphatic heterocycles. The van der Waals surface area contributed by atoms with Gasteiger partial charge in [-0.2, -0.15) is 0 Å². The molecule has 3 heterocycles. The minimum absolute atomic E-state index is 0.219. The number of aromatic nitrogens is 2. The molecule has 1 aliphatic carbocycles. The fourth-order valence-electron chi connectivity index (χ4n) is 4.84. The first-order valence-corrected chi connectivity index (χ1v) is 12.8. The van der Waals surface area contributed by atoms with Crippen LogP contribution in [0.4, 0.5) is 5.82 Å². The number of carbonyl (C=O) groups excluding carboxylic acids is 1. The van der Waals surface area contributed by atoms with Crippen LogP contribution in [0, 0.1) is 0 Å². The van der Waals surface area contributed by atoms with Crippen molar-refractivity contribution in [1.29, 1.82) is 0 Å². The van der Waals surface area contributed by atoms with Crippen LogP contribution in [0.15, 0.2) is 30.3 Å². The molecule has 5 rings (SSSR count). The molecule has 0 N–H and O–H groups in total. The third-order valence-electron chi connectivity index (χ3n) is 7.00. The van der Waals surface area contributed by atoms with Crippen molar-refractivity contribution in [3.8, 4) is 0 Å². The van der Waals surface area contributed by atoms with E-state index >= 15 is 0 Å². The Morgan fingerprint density at radius 3 is 2.56 bits per heavy atom. The van der Waals surface area contributed by atoms with E-state index in [4.69, 9.17) is 9.97 Å². The number of anilines is 1. The minimum Gasteiger partial charge on any atom is -0.352 e. The van der Waals surface area contributed by atoms with Crippen molar-refractivity contribution in [2.24, 2.45) is 0 Å². The number of hydrogen-bond donors (Lipinski definition) is 0. The molecule has 0 spiro atoms. The highest BCUT2D eigenvalue weighted by atomic mass is 32.1. The van der Waals surface area contributed by atoms with Crippen molar-refractivity contribution in [2.45, 2.75) is 58.3 Å². The summed E-state index contributed by atoms with van der Waals surface area (Å²) in [5.41, 5.74) is 2.57. The Morgan fingerprint density at radius 2 is 1.81 bits per heavy atom. The zero-order valence-electron chi connectivity index (χ0n) is 19.1. The van der Waals surface area contributed by atoms with Gasteiger partial charge in [0.25, 0.3) is 0 Å². The molecule has 0 radical (unpaired) electrons. The van der Waals surface area contributed by atoms with Crippen LogP contribution >= 0.6 is 11.3 Å². The Kier molecular flexibility index (Phi) is 6.13. The molecule has 1 aromatic carbocycles. The maximum atomic E-state index is 12.8. The van der Waals surface area contributed by atoms with Crippen molar-refractivity contribution in [2.75, 3.05) is 31.1 Å². The van der Waals surface area contributed by atoms with E-state index in [2.05, 4.69) is 18.7 Å². The number of thiophene rings is 1. The highest BCUT2D eigenvalue weighted by molar-refractivity contribution is 7.19. The molecule has 5 nitrogen and oxygen atoms in total. The average Bonchev–Trinajstić information content (AvgIpc) is 3.22. The van der Waals surface area contributed by atoms with E-state index in [1.54, 1.807) is 0 Å². The van der Waals surface area contributed by atoms with Crippen LogP contribution < -0.4 is 4.90 Å². The predicted molar refractivity (Wildman–Crippen MR) is 132 cm³/mol. The quantitative estimate of drug-likeness (QED) is 0.553. The maximum absolute atomic E-state index is 12.8. The summed E-state index contributed by atoms with van der Waals surface area (Å²) in [5.74, 6) is 2.65. The van der Waals surface area contributed by atoms with Crippen LogP contribution in [0.2, 0.25) is 0 Å². The van der Waals surface area contributed by atoms with Crippen molar-refractivity contribution >= 4 is 33.3 Å².